The van der Waals surface area contributed by atoms with E-state index < -0.39 is 5.91 Å². The number of hydrogen-bond acceptors (Lipinski definition) is 5. The van der Waals surface area contributed by atoms with Crippen LogP contribution in [0.15, 0.2) is 34.9 Å². The molecular weight excluding hydrogens is 416 g/mol. The molecule has 0 spiro atoms. The highest BCUT2D eigenvalue weighted by atomic mass is 16.5. The molecule has 6 rings (SSSR count). The highest BCUT2D eigenvalue weighted by Crippen LogP contribution is 2.41. The average Bonchev–Trinajstić information content (AvgIpc) is 3.52. The molecule has 2 aromatic carbocycles. The Morgan fingerprint density at radius 3 is 2.58 bits per heavy atom. The van der Waals surface area contributed by atoms with Crippen molar-refractivity contribution in [2.24, 2.45) is 11.7 Å². The first kappa shape index (κ1) is 20.3. The number of fused-ring (bicyclic) bond motifs is 3. The first-order valence-corrected chi connectivity index (χ1v) is 11.7. The predicted octanol–water partition coefficient (Wildman–Crippen LogP) is 4.41. The summed E-state index contributed by atoms with van der Waals surface area (Å²) in [5.74, 6) is 0.972. The molecule has 1 amide bonds. The first-order chi connectivity index (χ1) is 16.0. The quantitative estimate of drug-likeness (QED) is 0.493. The van der Waals surface area contributed by atoms with E-state index in [2.05, 4.69) is 38.9 Å². The molecule has 1 saturated heterocycles. The number of primary amides is 1. The third-order valence-electron chi connectivity index (χ3n) is 7.04. The number of morpholine rings is 1. The van der Waals surface area contributed by atoms with Crippen molar-refractivity contribution in [2.75, 3.05) is 31.2 Å². The van der Waals surface area contributed by atoms with Gasteiger partial charge >= 0.3 is 0 Å². The lowest BCUT2D eigenvalue weighted by atomic mass is 9.97. The molecule has 170 valence electrons. The van der Waals surface area contributed by atoms with Crippen molar-refractivity contribution in [2.45, 2.75) is 33.2 Å². The number of nitrogens with two attached hydrogens (primary N) is 1. The molecule has 33 heavy (non-hydrogen) atoms. The van der Waals surface area contributed by atoms with E-state index in [-0.39, 0.29) is 0 Å². The van der Waals surface area contributed by atoms with Crippen molar-refractivity contribution in [3.8, 4) is 11.1 Å². The Morgan fingerprint density at radius 2 is 1.91 bits per heavy atom. The second-order valence-corrected chi connectivity index (χ2v) is 9.34. The monoisotopic (exact) mass is 444 g/mol. The molecular formula is C26H28N4O3. The second-order valence-electron chi connectivity index (χ2n) is 9.34. The van der Waals surface area contributed by atoms with Crippen LogP contribution in [0, 0.1) is 19.8 Å². The number of hydrogen-bond donors (Lipinski definition) is 1. The minimum Gasteiger partial charge on any atom is -0.378 e. The summed E-state index contributed by atoms with van der Waals surface area (Å²) >= 11 is 0. The molecule has 0 atom stereocenters. The van der Waals surface area contributed by atoms with Gasteiger partial charge in [-0.2, -0.15) is 0 Å². The van der Waals surface area contributed by atoms with E-state index >= 15 is 0 Å². The van der Waals surface area contributed by atoms with Gasteiger partial charge in [0.15, 0.2) is 0 Å². The van der Waals surface area contributed by atoms with Gasteiger partial charge in [-0.3, -0.25) is 4.79 Å². The Bertz CT molecular complexity index is 1370. The van der Waals surface area contributed by atoms with E-state index in [9.17, 15) is 4.79 Å². The molecule has 1 aliphatic carbocycles. The fourth-order valence-corrected chi connectivity index (χ4v) is 5.22. The molecule has 0 unspecified atom stereocenters. The van der Waals surface area contributed by atoms with Crippen molar-refractivity contribution >= 4 is 33.4 Å². The summed E-state index contributed by atoms with van der Waals surface area (Å²) in [6.45, 7) is 7.98. The third-order valence-corrected chi connectivity index (χ3v) is 7.04. The van der Waals surface area contributed by atoms with Gasteiger partial charge in [-0.15, -0.1) is 0 Å². The van der Waals surface area contributed by atoms with Crippen LogP contribution in [0.4, 0.5) is 5.69 Å². The van der Waals surface area contributed by atoms with Crippen LogP contribution in [-0.2, 0) is 11.3 Å². The van der Waals surface area contributed by atoms with Gasteiger partial charge in [-0.1, -0.05) is 11.2 Å². The van der Waals surface area contributed by atoms with Crippen LogP contribution in [0.25, 0.3) is 32.9 Å². The molecule has 7 nitrogen and oxygen atoms in total. The van der Waals surface area contributed by atoms with Crippen LogP contribution < -0.4 is 10.6 Å². The van der Waals surface area contributed by atoms with Crippen LogP contribution in [0.1, 0.15) is 34.7 Å². The van der Waals surface area contributed by atoms with Crippen molar-refractivity contribution in [3.63, 3.8) is 0 Å². The fraction of sp³-hybridized carbons (Fsp3) is 0.385. The van der Waals surface area contributed by atoms with E-state index in [0.29, 0.717) is 11.5 Å². The number of carbonyl (C=O) groups is 1. The molecule has 2 fully saturated rings. The molecule has 7 heteroatoms. The molecule has 2 N–H and O–H groups in total. The van der Waals surface area contributed by atoms with Gasteiger partial charge in [0.05, 0.1) is 35.5 Å². The van der Waals surface area contributed by atoms with Crippen LogP contribution in [0.2, 0.25) is 0 Å². The third kappa shape index (κ3) is 3.38. The molecule has 3 heterocycles. The van der Waals surface area contributed by atoms with E-state index in [1.54, 1.807) is 0 Å². The van der Waals surface area contributed by atoms with Gasteiger partial charge in [0.25, 0.3) is 5.91 Å². The largest absolute Gasteiger partial charge is 0.378 e. The normalized spacial score (nSPS) is 16.7. The van der Waals surface area contributed by atoms with E-state index in [4.69, 9.17) is 15.0 Å². The number of ether oxygens (including phenoxy) is 1. The summed E-state index contributed by atoms with van der Waals surface area (Å²) < 4.78 is 13.3. The van der Waals surface area contributed by atoms with E-state index in [1.807, 2.05) is 19.9 Å². The lowest BCUT2D eigenvalue weighted by molar-refractivity contribution is 0.100. The number of carbonyl (C=O) groups excluding carboxylic acids is 1. The summed E-state index contributed by atoms with van der Waals surface area (Å²) in [6.07, 6.45) is 2.46. The van der Waals surface area contributed by atoms with Crippen molar-refractivity contribution in [1.82, 2.24) is 9.72 Å². The van der Waals surface area contributed by atoms with Crippen molar-refractivity contribution < 1.29 is 14.1 Å². The van der Waals surface area contributed by atoms with E-state index in [1.165, 1.54) is 18.5 Å². The van der Waals surface area contributed by atoms with Gasteiger partial charge in [0.2, 0.25) is 0 Å². The maximum Gasteiger partial charge on any atom is 0.250 e. The topological polar surface area (TPSA) is 86.5 Å². The second kappa shape index (κ2) is 7.63. The molecule has 0 bridgehead atoms. The molecule has 4 aromatic rings. The summed E-state index contributed by atoms with van der Waals surface area (Å²) in [5.41, 5.74) is 12.4. The maximum atomic E-state index is 12.7. The highest BCUT2D eigenvalue weighted by molar-refractivity contribution is 6.17. The van der Waals surface area contributed by atoms with Gasteiger partial charge in [-0.25, -0.2) is 0 Å². The standard InChI is InChI=1S/C26H28N4O3/c1-15-24(16(2)33-28-15)18-11-21-20-6-5-19(29-7-9-32-10-8-29)13-23(20)30(14-17-3-4-17)25(21)22(12-18)26(27)31/h5-6,11-13,17H,3-4,7-10,14H2,1-2H3,(H2,27,31). The van der Waals surface area contributed by atoms with Gasteiger partial charge in [-0.05, 0) is 62.4 Å². The Morgan fingerprint density at radius 1 is 1.12 bits per heavy atom. The fourth-order valence-electron chi connectivity index (χ4n) is 5.22. The summed E-state index contributed by atoms with van der Waals surface area (Å²) in [5, 5.41) is 6.30. The zero-order valence-electron chi connectivity index (χ0n) is 19.1. The van der Waals surface area contributed by atoms with Crippen LogP contribution in [0.5, 0.6) is 0 Å². The highest BCUT2D eigenvalue weighted by Gasteiger charge is 2.27. The number of benzene rings is 2. The summed E-state index contributed by atoms with van der Waals surface area (Å²) in [7, 11) is 0. The van der Waals surface area contributed by atoms with Gasteiger partial charge in [0, 0.05) is 41.7 Å². The minimum absolute atomic E-state index is 0.415. The maximum absolute atomic E-state index is 12.7. The Hall–Kier alpha value is -3.32. The zero-order valence-corrected chi connectivity index (χ0v) is 19.1. The van der Waals surface area contributed by atoms with Gasteiger partial charge < -0.3 is 24.5 Å². The molecule has 1 saturated carbocycles. The smallest absolute Gasteiger partial charge is 0.250 e. The van der Waals surface area contributed by atoms with Crippen molar-refractivity contribution in [3.05, 3.63) is 47.3 Å². The van der Waals surface area contributed by atoms with Crippen molar-refractivity contribution in [1.29, 1.82) is 0 Å². The minimum atomic E-state index is -0.415. The number of anilines is 1. The molecule has 2 aliphatic rings. The number of rotatable bonds is 5. The van der Waals surface area contributed by atoms with Gasteiger partial charge in [0.1, 0.15) is 5.76 Å². The number of amides is 1. The predicted molar refractivity (Wildman–Crippen MR) is 129 cm³/mol. The lowest BCUT2D eigenvalue weighted by Gasteiger charge is -2.29. The Balaban J connectivity index is 1.63. The van der Waals surface area contributed by atoms with E-state index in [0.717, 1.165) is 77.2 Å². The lowest BCUT2D eigenvalue weighted by Crippen LogP contribution is -2.36. The summed E-state index contributed by atoms with van der Waals surface area (Å²) in [4.78, 5) is 15.1. The number of aromatic nitrogens is 2. The molecule has 1 aliphatic heterocycles. The molecule has 2 aromatic heterocycles. The average molecular weight is 445 g/mol. The van der Waals surface area contributed by atoms with Crippen LogP contribution >= 0.6 is 0 Å². The zero-order chi connectivity index (χ0) is 22.7. The number of nitrogens with zero attached hydrogens (tertiary/aromatic N) is 3. The van der Waals surface area contributed by atoms with Crippen LogP contribution in [-0.4, -0.2) is 41.9 Å². The first-order valence-electron chi connectivity index (χ1n) is 11.7. The SMILES string of the molecule is Cc1noc(C)c1-c1cc(C(N)=O)c2c(c1)c1ccc(N3CCOCC3)cc1n2CC1CC1. The summed E-state index contributed by atoms with van der Waals surface area (Å²) in [6, 6.07) is 10.7. The number of aryl methyl sites for hydroxylation is 2. The van der Waals surface area contributed by atoms with Crippen LogP contribution in [0.3, 0.4) is 0 Å². The Kier molecular flexibility index (Phi) is 4.69. The Labute approximate surface area is 192 Å². The molecule has 0 radical (unpaired) electrons.